The summed E-state index contributed by atoms with van der Waals surface area (Å²) in [5.41, 5.74) is 6.24. The molecule has 1 heterocycles. The first-order valence-corrected chi connectivity index (χ1v) is 8.78. The lowest BCUT2D eigenvalue weighted by molar-refractivity contribution is -0.116. The van der Waals surface area contributed by atoms with Crippen molar-refractivity contribution in [1.82, 2.24) is 4.90 Å². The number of primary amides is 1. The molecule has 0 fully saturated rings. The van der Waals surface area contributed by atoms with Gasteiger partial charge in [0.2, 0.25) is 11.8 Å². The zero-order valence-corrected chi connectivity index (χ0v) is 15.2. The van der Waals surface area contributed by atoms with Crippen LogP contribution in [0.1, 0.15) is 16.8 Å². The minimum Gasteiger partial charge on any atom is -0.486 e. The van der Waals surface area contributed by atoms with Crippen LogP contribution in [0.25, 0.3) is 0 Å². The van der Waals surface area contributed by atoms with E-state index < -0.39 is 5.91 Å². The molecular formula is C20H23N3O4. The number of rotatable bonds is 7. The predicted molar refractivity (Wildman–Crippen MR) is 102 cm³/mol. The lowest BCUT2D eigenvalue weighted by atomic mass is 10.2. The van der Waals surface area contributed by atoms with E-state index >= 15 is 0 Å². The summed E-state index contributed by atoms with van der Waals surface area (Å²) in [6.45, 7) is 1.74. The fourth-order valence-corrected chi connectivity index (χ4v) is 2.83. The maximum absolute atomic E-state index is 12.1. The monoisotopic (exact) mass is 369 g/mol. The summed E-state index contributed by atoms with van der Waals surface area (Å²) in [5.74, 6) is 0.920. The molecule has 2 amide bonds. The lowest BCUT2D eigenvalue weighted by Gasteiger charge is -2.29. The molecule has 0 spiro atoms. The molecule has 1 unspecified atom stereocenters. The van der Waals surface area contributed by atoms with Crippen LogP contribution in [-0.2, 0) is 4.79 Å². The summed E-state index contributed by atoms with van der Waals surface area (Å²) in [6.07, 6.45) is 0.271. The van der Waals surface area contributed by atoms with E-state index in [0.717, 1.165) is 11.5 Å². The summed E-state index contributed by atoms with van der Waals surface area (Å²) in [4.78, 5) is 25.2. The number of para-hydroxylation sites is 2. The average molecular weight is 369 g/mol. The minimum absolute atomic E-state index is 0.0747. The third-order valence-corrected chi connectivity index (χ3v) is 4.26. The molecule has 3 N–H and O–H groups in total. The molecule has 7 heteroatoms. The topological polar surface area (TPSA) is 93.9 Å². The second-order valence-electron chi connectivity index (χ2n) is 6.50. The highest BCUT2D eigenvalue weighted by molar-refractivity contribution is 5.94. The van der Waals surface area contributed by atoms with Crippen LogP contribution in [0.2, 0.25) is 0 Å². The smallest absolute Gasteiger partial charge is 0.248 e. The van der Waals surface area contributed by atoms with Crippen molar-refractivity contribution in [1.29, 1.82) is 0 Å². The number of hydrogen-bond acceptors (Lipinski definition) is 5. The molecule has 3 rings (SSSR count). The molecule has 0 aliphatic carbocycles. The third-order valence-electron chi connectivity index (χ3n) is 4.26. The van der Waals surface area contributed by atoms with Gasteiger partial charge in [-0.05, 0) is 43.4 Å². The molecule has 7 nitrogen and oxygen atoms in total. The van der Waals surface area contributed by atoms with Gasteiger partial charge >= 0.3 is 0 Å². The SMILES string of the molecule is CN(CCC(=O)Nc1ccc(C(N)=O)cc1)CC1COc2ccccc2O1. The van der Waals surface area contributed by atoms with E-state index in [1.165, 1.54) is 0 Å². The number of carbonyl (C=O) groups is 2. The number of ether oxygens (including phenoxy) is 2. The zero-order chi connectivity index (χ0) is 19.2. The standard InChI is InChI=1S/C20H23N3O4/c1-23(12-16-13-26-17-4-2-3-5-18(17)27-16)11-10-19(24)22-15-8-6-14(7-9-15)20(21)25/h2-9,16H,10-13H2,1H3,(H2,21,25)(H,22,24). The highest BCUT2D eigenvalue weighted by Crippen LogP contribution is 2.30. The lowest BCUT2D eigenvalue weighted by Crippen LogP contribution is -2.40. The summed E-state index contributed by atoms with van der Waals surface area (Å²) in [5, 5.41) is 2.81. The summed E-state index contributed by atoms with van der Waals surface area (Å²) in [6, 6.07) is 14.1. The summed E-state index contributed by atoms with van der Waals surface area (Å²) < 4.78 is 11.6. The Bertz CT molecular complexity index is 807. The molecule has 2 aromatic carbocycles. The quantitative estimate of drug-likeness (QED) is 0.777. The second-order valence-corrected chi connectivity index (χ2v) is 6.50. The van der Waals surface area contributed by atoms with Gasteiger partial charge in [0.15, 0.2) is 11.5 Å². The van der Waals surface area contributed by atoms with E-state index in [1.54, 1.807) is 24.3 Å². The molecule has 1 aliphatic heterocycles. The van der Waals surface area contributed by atoms with Crippen molar-refractivity contribution in [3.63, 3.8) is 0 Å². The van der Waals surface area contributed by atoms with Gasteiger partial charge in [-0.2, -0.15) is 0 Å². The van der Waals surface area contributed by atoms with Crippen molar-refractivity contribution in [3.05, 3.63) is 54.1 Å². The first kappa shape index (κ1) is 18.7. The van der Waals surface area contributed by atoms with Crippen LogP contribution < -0.4 is 20.5 Å². The Hall–Kier alpha value is -3.06. The first-order chi connectivity index (χ1) is 13.0. The molecule has 1 atom stereocenters. The number of benzene rings is 2. The second kappa shape index (κ2) is 8.55. The molecular weight excluding hydrogens is 346 g/mol. The Balaban J connectivity index is 1.42. The van der Waals surface area contributed by atoms with Crippen molar-refractivity contribution < 1.29 is 19.1 Å². The van der Waals surface area contributed by atoms with Crippen LogP contribution in [0.15, 0.2) is 48.5 Å². The van der Waals surface area contributed by atoms with E-state index in [-0.39, 0.29) is 12.0 Å². The Kier molecular flexibility index (Phi) is 5.93. The minimum atomic E-state index is -0.494. The van der Waals surface area contributed by atoms with Gasteiger partial charge in [0.25, 0.3) is 0 Å². The molecule has 1 aliphatic rings. The van der Waals surface area contributed by atoms with Gasteiger partial charge in [0.05, 0.1) is 0 Å². The van der Waals surface area contributed by atoms with E-state index in [9.17, 15) is 9.59 Å². The normalized spacial score (nSPS) is 15.4. The largest absolute Gasteiger partial charge is 0.486 e. The van der Waals surface area contributed by atoms with Crippen LogP contribution in [0.5, 0.6) is 11.5 Å². The highest BCUT2D eigenvalue weighted by Gasteiger charge is 2.22. The number of carbonyl (C=O) groups excluding carboxylic acids is 2. The van der Waals surface area contributed by atoms with Crippen LogP contribution in [0.3, 0.4) is 0 Å². The number of anilines is 1. The van der Waals surface area contributed by atoms with E-state index in [4.69, 9.17) is 15.2 Å². The van der Waals surface area contributed by atoms with Gasteiger partial charge in [-0.1, -0.05) is 12.1 Å². The third kappa shape index (κ3) is 5.21. The fraction of sp³-hybridized carbons (Fsp3) is 0.300. The number of nitrogens with two attached hydrogens (primary N) is 1. The van der Waals surface area contributed by atoms with Gasteiger partial charge in [-0.15, -0.1) is 0 Å². The van der Waals surface area contributed by atoms with Crippen LogP contribution in [0.4, 0.5) is 5.69 Å². The van der Waals surface area contributed by atoms with E-state index in [2.05, 4.69) is 5.32 Å². The number of likely N-dealkylation sites (N-methyl/N-ethyl adjacent to an activating group) is 1. The number of hydrogen-bond donors (Lipinski definition) is 2. The van der Waals surface area contributed by atoms with Crippen LogP contribution in [-0.4, -0.2) is 49.6 Å². The molecule has 0 saturated heterocycles. The Morgan fingerprint density at radius 1 is 1.15 bits per heavy atom. The van der Waals surface area contributed by atoms with Crippen molar-refractivity contribution in [2.45, 2.75) is 12.5 Å². The summed E-state index contributed by atoms with van der Waals surface area (Å²) in [7, 11) is 1.94. The maximum Gasteiger partial charge on any atom is 0.248 e. The Morgan fingerprint density at radius 2 is 1.85 bits per heavy atom. The van der Waals surface area contributed by atoms with Gasteiger partial charge in [0, 0.05) is 30.8 Å². The van der Waals surface area contributed by atoms with Crippen LogP contribution in [0, 0.1) is 0 Å². The fourth-order valence-electron chi connectivity index (χ4n) is 2.83. The van der Waals surface area contributed by atoms with Gasteiger partial charge in [0.1, 0.15) is 12.7 Å². The molecule has 0 saturated carbocycles. The van der Waals surface area contributed by atoms with Gasteiger partial charge in [-0.25, -0.2) is 0 Å². The highest BCUT2D eigenvalue weighted by atomic mass is 16.6. The van der Waals surface area contributed by atoms with E-state index in [0.29, 0.717) is 37.4 Å². The molecule has 0 radical (unpaired) electrons. The zero-order valence-electron chi connectivity index (χ0n) is 15.2. The number of nitrogens with one attached hydrogen (secondary N) is 1. The Labute approximate surface area is 158 Å². The number of fused-ring (bicyclic) bond motifs is 1. The summed E-state index contributed by atoms with van der Waals surface area (Å²) >= 11 is 0. The van der Waals surface area contributed by atoms with Crippen molar-refractivity contribution in [2.75, 3.05) is 32.1 Å². The molecule has 0 aromatic heterocycles. The van der Waals surface area contributed by atoms with Gasteiger partial charge < -0.3 is 25.4 Å². The van der Waals surface area contributed by atoms with Crippen LogP contribution >= 0.6 is 0 Å². The maximum atomic E-state index is 12.1. The predicted octanol–water partition coefficient (Wildman–Crippen LogP) is 1.89. The number of amides is 2. The molecule has 0 bridgehead atoms. The molecule has 27 heavy (non-hydrogen) atoms. The van der Waals surface area contributed by atoms with Crippen molar-refractivity contribution in [3.8, 4) is 11.5 Å². The number of nitrogens with zero attached hydrogens (tertiary/aromatic N) is 1. The van der Waals surface area contributed by atoms with E-state index in [1.807, 2.05) is 36.2 Å². The molecule has 142 valence electrons. The van der Waals surface area contributed by atoms with Gasteiger partial charge in [-0.3, -0.25) is 9.59 Å². The van der Waals surface area contributed by atoms with Crippen molar-refractivity contribution in [2.24, 2.45) is 5.73 Å². The average Bonchev–Trinajstić information content (AvgIpc) is 2.67. The first-order valence-electron chi connectivity index (χ1n) is 8.78. The molecule has 2 aromatic rings. The van der Waals surface area contributed by atoms with Crippen molar-refractivity contribution >= 4 is 17.5 Å². The Morgan fingerprint density at radius 3 is 2.56 bits per heavy atom.